The molecule has 0 saturated heterocycles. The number of carbonyl (C=O) groups excluding carboxylic acids is 3. The number of anilines is 2. The standard InChI is InChI=1S/C19H16ClN3O3/c20-12-3-5-13(6-4-12)21-16(24)11-2-7-15-14(10-11)17(25)23-19(8-1-9-19)18(26)22-15/h2-7,10H,1,8-9H2,(H,21,24)(H,22,26)(H,23,25). The van der Waals surface area contributed by atoms with Crippen LogP contribution in [0.5, 0.6) is 0 Å². The topological polar surface area (TPSA) is 87.3 Å². The van der Waals surface area contributed by atoms with Crippen molar-refractivity contribution in [1.29, 1.82) is 0 Å². The van der Waals surface area contributed by atoms with E-state index in [4.69, 9.17) is 11.6 Å². The van der Waals surface area contributed by atoms with E-state index in [1.54, 1.807) is 36.4 Å². The lowest BCUT2D eigenvalue weighted by Crippen LogP contribution is -2.59. The first-order valence-corrected chi connectivity index (χ1v) is 8.70. The number of hydrogen-bond acceptors (Lipinski definition) is 3. The minimum absolute atomic E-state index is 0.200. The number of amides is 3. The van der Waals surface area contributed by atoms with E-state index in [-0.39, 0.29) is 23.3 Å². The van der Waals surface area contributed by atoms with Crippen molar-refractivity contribution in [2.24, 2.45) is 0 Å². The molecule has 132 valence electrons. The van der Waals surface area contributed by atoms with Crippen molar-refractivity contribution in [3.8, 4) is 0 Å². The van der Waals surface area contributed by atoms with E-state index < -0.39 is 5.54 Å². The van der Waals surface area contributed by atoms with Gasteiger partial charge in [0, 0.05) is 16.3 Å². The molecule has 0 atom stereocenters. The summed E-state index contributed by atoms with van der Waals surface area (Å²) in [7, 11) is 0. The molecule has 7 heteroatoms. The molecule has 0 aromatic heterocycles. The van der Waals surface area contributed by atoms with Crippen LogP contribution in [0.1, 0.15) is 40.0 Å². The fourth-order valence-corrected chi connectivity index (χ4v) is 3.31. The van der Waals surface area contributed by atoms with Crippen LogP contribution in [0.4, 0.5) is 11.4 Å². The molecule has 1 fully saturated rings. The summed E-state index contributed by atoms with van der Waals surface area (Å²) in [5, 5.41) is 8.95. The maximum absolute atomic E-state index is 12.6. The van der Waals surface area contributed by atoms with E-state index in [0.29, 0.717) is 34.8 Å². The zero-order valence-corrected chi connectivity index (χ0v) is 14.5. The van der Waals surface area contributed by atoms with Gasteiger partial charge in [0.25, 0.3) is 11.8 Å². The van der Waals surface area contributed by atoms with Crippen LogP contribution >= 0.6 is 11.6 Å². The smallest absolute Gasteiger partial charge is 0.255 e. The highest BCUT2D eigenvalue weighted by molar-refractivity contribution is 6.30. The van der Waals surface area contributed by atoms with E-state index in [1.807, 2.05) is 0 Å². The molecule has 1 spiro atoms. The van der Waals surface area contributed by atoms with Gasteiger partial charge in [0.1, 0.15) is 5.54 Å². The van der Waals surface area contributed by atoms with Crippen molar-refractivity contribution < 1.29 is 14.4 Å². The largest absolute Gasteiger partial charge is 0.338 e. The van der Waals surface area contributed by atoms with Gasteiger partial charge >= 0.3 is 0 Å². The van der Waals surface area contributed by atoms with Gasteiger partial charge in [-0.1, -0.05) is 11.6 Å². The molecular formula is C19H16ClN3O3. The minimum atomic E-state index is -0.818. The number of halogens is 1. The lowest BCUT2D eigenvalue weighted by atomic mass is 9.76. The van der Waals surface area contributed by atoms with Gasteiger partial charge in [0.15, 0.2) is 0 Å². The van der Waals surface area contributed by atoms with Crippen molar-refractivity contribution >= 4 is 40.7 Å². The molecule has 2 aromatic carbocycles. The summed E-state index contributed by atoms with van der Waals surface area (Å²) in [5.74, 6) is -0.898. The quantitative estimate of drug-likeness (QED) is 0.759. The van der Waals surface area contributed by atoms with E-state index in [0.717, 1.165) is 6.42 Å². The summed E-state index contributed by atoms with van der Waals surface area (Å²) in [5.41, 5.74) is 0.806. The molecule has 2 aromatic rings. The number of benzene rings is 2. The van der Waals surface area contributed by atoms with E-state index in [2.05, 4.69) is 16.0 Å². The third-order valence-corrected chi connectivity index (χ3v) is 5.12. The Balaban J connectivity index is 1.60. The molecule has 1 saturated carbocycles. The number of nitrogens with one attached hydrogen (secondary N) is 3. The second-order valence-corrected chi connectivity index (χ2v) is 7.00. The maximum Gasteiger partial charge on any atom is 0.255 e. The first-order chi connectivity index (χ1) is 12.5. The zero-order valence-electron chi connectivity index (χ0n) is 13.8. The zero-order chi connectivity index (χ0) is 18.3. The van der Waals surface area contributed by atoms with Crippen LogP contribution in [0.2, 0.25) is 5.02 Å². The summed E-state index contributed by atoms with van der Waals surface area (Å²) in [6.45, 7) is 0. The lowest BCUT2D eigenvalue weighted by Gasteiger charge is -2.39. The normalized spacial score (nSPS) is 17.4. The van der Waals surface area contributed by atoms with E-state index in [9.17, 15) is 14.4 Å². The van der Waals surface area contributed by atoms with E-state index in [1.165, 1.54) is 6.07 Å². The van der Waals surface area contributed by atoms with Crippen molar-refractivity contribution in [3.63, 3.8) is 0 Å². The van der Waals surface area contributed by atoms with Gasteiger partial charge in [-0.15, -0.1) is 0 Å². The second kappa shape index (κ2) is 6.14. The predicted octanol–water partition coefficient (Wildman–Crippen LogP) is 3.20. The Morgan fingerprint density at radius 2 is 1.81 bits per heavy atom. The third kappa shape index (κ3) is 2.82. The third-order valence-electron chi connectivity index (χ3n) is 4.87. The van der Waals surface area contributed by atoms with Crippen LogP contribution in [-0.4, -0.2) is 23.3 Å². The molecule has 4 rings (SSSR count). The summed E-state index contributed by atoms with van der Waals surface area (Å²) >= 11 is 5.84. The molecule has 0 radical (unpaired) electrons. The summed E-state index contributed by atoms with van der Waals surface area (Å²) in [6.07, 6.45) is 2.16. The molecule has 3 amide bonds. The molecule has 1 aliphatic carbocycles. The SMILES string of the molecule is O=C(Nc1ccc(Cl)cc1)c1ccc2c(c1)C(=O)NC1(CCC1)C(=O)N2. The fraction of sp³-hybridized carbons (Fsp3) is 0.211. The Bertz CT molecular complexity index is 920. The molecule has 0 bridgehead atoms. The predicted molar refractivity (Wildman–Crippen MR) is 98.5 cm³/mol. The van der Waals surface area contributed by atoms with Gasteiger partial charge in [-0.3, -0.25) is 14.4 Å². The Morgan fingerprint density at radius 3 is 2.46 bits per heavy atom. The Morgan fingerprint density at radius 1 is 1.08 bits per heavy atom. The van der Waals surface area contributed by atoms with Crippen molar-refractivity contribution in [2.45, 2.75) is 24.8 Å². The number of rotatable bonds is 2. The van der Waals surface area contributed by atoms with Gasteiger partial charge in [0.05, 0.1) is 11.3 Å². The molecule has 1 heterocycles. The Labute approximate surface area is 154 Å². The molecule has 0 unspecified atom stereocenters. The van der Waals surface area contributed by atoms with Crippen molar-refractivity contribution in [2.75, 3.05) is 10.6 Å². The monoisotopic (exact) mass is 369 g/mol. The highest BCUT2D eigenvalue weighted by Gasteiger charge is 2.47. The molecule has 1 aliphatic heterocycles. The van der Waals surface area contributed by atoms with E-state index >= 15 is 0 Å². The summed E-state index contributed by atoms with van der Waals surface area (Å²) < 4.78 is 0. The number of carbonyl (C=O) groups is 3. The van der Waals surface area contributed by atoms with Gasteiger partial charge in [-0.2, -0.15) is 0 Å². The van der Waals surface area contributed by atoms with Gasteiger partial charge < -0.3 is 16.0 Å². The second-order valence-electron chi connectivity index (χ2n) is 6.57. The highest BCUT2D eigenvalue weighted by Crippen LogP contribution is 2.36. The minimum Gasteiger partial charge on any atom is -0.338 e. The first kappa shape index (κ1) is 16.6. The van der Waals surface area contributed by atoms with Crippen LogP contribution in [0.25, 0.3) is 0 Å². The highest BCUT2D eigenvalue weighted by atomic mass is 35.5. The molecule has 3 N–H and O–H groups in total. The molecule has 2 aliphatic rings. The van der Waals surface area contributed by atoms with Crippen LogP contribution in [0, 0.1) is 0 Å². The van der Waals surface area contributed by atoms with Crippen LogP contribution in [0.3, 0.4) is 0 Å². The lowest BCUT2D eigenvalue weighted by molar-refractivity contribution is -0.125. The van der Waals surface area contributed by atoms with Gasteiger partial charge in [-0.05, 0) is 61.7 Å². The Kier molecular flexibility index (Phi) is 3.92. The van der Waals surface area contributed by atoms with Crippen LogP contribution < -0.4 is 16.0 Å². The summed E-state index contributed by atoms with van der Waals surface area (Å²) in [6, 6.07) is 11.4. The molecular weight excluding hydrogens is 354 g/mol. The first-order valence-electron chi connectivity index (χ1n) is 8.32. The molecule has 26 heavy (non-hydrogen) atoms. The fourth-order valence-electron chi connectivity index (χ4n) is 3.18. The Hall–Kier alpha value is -2.86. The average molecular weight is 370 g/mol. The van der Waals surface area contributed by atoms with Gasteiger partial charge in [0.2, 0.25) is 5.91 Å². The van der Waals surface area contributed by atoms with Crippen LogP contribution in [-0.2, 0) is 4.79 Å². The van der Waals surface area contributed by atoms with Gasteiger partial charge in [-0.25, -0.2) is 0 Å². The van der Waals surface area contributed by atoms with Crippen LogP contribution in [0.15, 0.2) is 42.5 Å². The van der Waals surface area contributed by atoms with Crippen molar-refractivity contribution in [1.82, 2.24) is 5.32 Å². The summed E-state index contributed by atoms with van der Waals surface area (Å²) in [4.78, 5) is 37.5. The average Bonchev–Trinajstić information content (AvgIpc) is 2.70. The maximum atomic E-state index is 12.6. The van der Waals surface area contributed by atoms with Crippen molar-refractivity contribution in [3.05, 3.63) is 58.6 Å². The number of fused-ring (bicyclic) bond motifs is 1. The number of hydrogen-bond donors (Lipinski definition) is 3. The molecule has 6 nitrogen and oxygen atoms in total.